The first-order valence-electron chi connectivity index (χ1n) is 7.82. The van der Waals surface area contributed by atoms with E-state index < -0.39 is 0 Å². The second-order valence-corrected chi connectivity index (χ2v) is 7.37. The fourth-order valence-electron chi connectivity index (χ4n) is 3.02. The van der Waals surface area contributed by atoms with E-state index in [1.54, 1.807) is 0 Å². The van der Waals surface area contributed by atoms with Gasteiger partial charge in [-0.25, -0.2) is 0 Å². The van der Waals surface area contributed by atoms with Gasteiger partial charge in [0.15, 0.2) is 0 Å². The normalized spacial score (nSPS) is 11.7. The van der Waals surface area contributed by atoms with Crippen molar-refractivity contribution in [1.29, 1.82) is 0 Å². The van der Waals surface area contributed by atoms with Crippen molar-refractivity contribution in [1.82, 2.24) is 4.98 Å². The van der Waals surface area contributed by atoms with Crippen molar-refractivity contribution in [3.63, 3.8) is 0 Å². The van der Waals surface area contributed by atoms with Crippen molar-refractivity contribution in [3.8, 4) is 0 Å². The average molecular weight is 281 g/mol. The molecule has 0 atom stereocenters. The summed E-state index contributed by atoms with van der Waals surface area (Å²) < 4.78 is 0. The first kappa shape index (κ1) is 15.6. The fourth-order valence-corrected chi connectivity index (χ4v) is 3.02. The molecule has 3 aromatic rings. The summed E-state index contributed by atoms with van der Waals surface area (Å²) in [7, 11) is 0. The minimum Gasteiger partial charge on any atom is -0.355 e. The summed E-state index contributed by atoms with van der Waals surface area (Å²) in [6.45, 7) is 11.4. The van der Waals surface area contributed by atoms with E-state index in [9.17, 15) is 0 Å². The Bertz CT molecular complexity index is 648. The minimum absolute atomic E-state index is 0.522. The van der Waals surface area contributed by atoms with Crippen LogP contribution in [0.1, 0.15) is 41.0 Å². The van der Waals surface area contributed by atoms with Gasteiger partial charge in [0.05, 0.1) is 0 Å². The molecule has 1 nitrogen and oxygen atoms in total. The van der Waals surface area contributed by atoms with Gasteiger partial charge < -0.3 is 4.98 Å². The lowest BCUT2D eigenvalue weighted by Crippen LogP contribution is -2.08. The van der Waals surface area contributed by atoms with Crippen LogP contribution in [0.4, 0.5) is 0 Å². The van der Waals surface area contributed by atoms with Crippen LogP contribution in [0.25, 0.3) is 21.8 Å². The number of rotatable bonds is 1. The number of H-pyrrole nitrogens is 1. The SMILES string of the molecule is CC(C)CC(C)(C)C.c1ccc2c(c1)[nH]c1ccccc12. The Labute approximate surface area is 128 Å². The Hall–Kier alpha value is -1.76. The predicted octanol–water partition coefficient (Wildman–Crippen LogP) is 6.40. The summed E-state index contributed by atoms with van der Waals surface area (Å²) >= 11 is 0. The van der Waals surface area contributed by atoms with E-state index in [4.69, 9.17) is 0 Å². The van der Waals surface area contributed by atoms with E-state index in [0.29, 0.717) is 5.41 Å². The van der Waals surface area contributed by atoms with Crippen LogP contribution >= 0.6 is 0 Å². The largest absolute Gasteiger partial charge is 0.355 e. The summed E-state index contributed by atoms with van der Waals surface area (Å²) in [5.74, 6) is 0.843. The molecule has 0 aliphatic heterocycles. The number of aromatic amines is 1. The Balaban J connectivity index is 0.000000177. The molecule has 0 aliphatic rings. The van der Waals surface area contributed by atoms with Crippen LogP contribution in [-0.2, 0) is 0 Å². The quantitative estimate of drug-likeness (QED) is 0.531. The molecule has 0 saturated heterocycles. The lowest BCUT2D eigenvalue weighted by Gasteiger charge is -2.19. The molecule has 0 unspecified atom stereocenters. The number of fused-ring (bicyclic) bond motifs is 3. The van der Waals surface area contributed by atoms with E-state index in [-0.39, 0.29) is 0 Å². The number of aromatic nitrogens is 1. The van der Waals surface area contributed by atoms with Crippen LogP contribution < -0.4 is 0 Å². The molecule has 0 fully saturated rings. The summed E-state index contributed by atoms with van der Waals surface area (Å²) in [6, 6.07) is 16.8. The van der Waals surface area contributed by atoms with Gasteiger partial charge in [0.1, 0.15) is 0 Å². The highest BCUT2D eigenvalue weighted by Crippen LogP contribution is 2.24. The minimum atomic E-state index is 0.522. The molecule has 0 amide bonds. The third-order valence-electron chi connectivity index (χ3n) is 3.43. The van der Waals surface area contributed by atoms with Crippen molar-refractivity contribution in [2.24, 2.45) is 11.3 Å². The lowest BCUT2D eigenvalue weighted by atomic mass is 9.86. The first-order valence-corrected chi connectivity index (χ1v) is 7.82. The second kappa shape index (κ2) is 6.34. The van der Waals surface area contributed by atoms with Gasteiger partial charge in [0.25, 0.3) is 0 Å². The molecule has 2 aromatic carbocycles. The third kappa shape index (κ3) is 4.35. The molecule has 1 aromatic heterocycles. The smallest absolute Gasteiger partial charge is 0.0464 e. The van der Waals surface area contributed by atoms with Gasteiger partial charge in [-0.05, 0) is 29.9 Å². The Morgan fingerprint density at radius 3 is 1.57 bits per heavy atom. The molecule has 3 rings (SSSR count). The highest BCUT2D eigenvalue weighted by molar-refractivity contribution is 6.06. The highest BCUT2D eigenvalue weighted by atomic mass is 14.7. The van der Waals surface area contributed by atoms with Gasteiger partial charge in [-0.15, -0.1) is 0 Å². The molecule has 1 heterocycles. The van der Waals surface area contributed by atoms with Crippen LogP contribution in [-0.4, -0.2) is 4.98 Å². The molecule has 21 heavy (non-hydrogen) atoms. The molecule has 0 saturated carbocycles. The zero-order valence-corrected chi connectivity index (χ0v) is 13.9. The van der Waals surface area contributed by atoms with Gasteiger partial charge in [-0.3, -0.25) is 0 Å². The molecule has 1 N–H and O–H groups in total. The van der Waals surface area contributed by atoms with Crippen LogP contribution in [0.15, 0.2) is 48.5 Å². The monoisotopic (exact) mass is 281 g/mol. The zero-order chi connectivity index (χ0) is 15.5. The Morgan fingerprint density at radius 2 is 1.24 bits per heavy atom. The number of hydrogen-bond donors (Lipinski definition) is 1. The number of benzene rings is 2. The van der Waals surface area contributed by atoms with Crippen LogP contribution in [0.5, 0.6) is 0 Å². The predicted molar refractivity (Wildman–Crippen MR) is 94.7 cm³/mol. The Morgan fingerprint density at radius 1 is 0.810 bits per heavy atom. The molecule has 112 valence electrons. The standard InChI is InChI=1S/C12H9N.C8H18/c1-3-7-11-9(5-1)10-6-2-4-8-12(10)13-11;1-7(2)6-8(3,4)5/h1-8,13H;7H,6H2,1-5H3. The summed E-state index contributed by atoms with van der Waals surface area (Å²) in [5.41, 5.74) is 2.95. The van der Waals surface area contributed by atoms with Crippen molar-refractivity contribution in [3.05, 3.63) is 48.5 Å². The Kier molecular flexibility index (Phi) is 4.72. The average Bonchev–Trinajstić information content (AvgIpc) is 2.75. The maximum atomic E-state index is 3.38. The molecule has 1 heteroatoms. The van der Waals surface area contributed by atoms with Crippen LogP contribution in [0, 0.1) is 11.3 Å². The molecule has 0 spiro atoms. The van der Waals surface area contributed by atoms with Gasteiger partial charge >= 0.3 is 0 Å². The van der Waals surface area contributed by atoms with Gasteiger partial charge in [-0.2, -0.15) is 0 Å². The summed E-state index contributed by atoms with van der Waals surface area (Å²) in [5, 5.41) is 2.61. The van der Waals surface area contributed by atoms with E-state index >= 15 is 0 Å². The van der Waals surface area contributed by atoms with E-state index in [0.717, 1.165) is 5.92 Å². The molecular weight excluding hydrogens is 254 g/mol. The molecular formula is C20H27N. The van der Waals surface area contributed by atoms with Crippen molar-refractivity contribution in [2.75, 3.05) is 0 Å². The number of para-hydroxylation sites is 2. The van der Waals surface area contributed by atoms with E-state index in [1.165, 1.54) is 28.2 Å². The van der Waals surface area contributed by atoms with Gasteiger partial charge in [0.2, 0.25) is 0 Å². The summed E-state index contributed by atoms with van der Waals surface area (Å²) in [4.78, 5) is 3.38. The van der Waals surface area contributed by atoms with Crippen LogP contribution in [0.2, 0.25) is 0 Å². The van der Waals surface area contributed by atoms with Gasteiger partial charge in [-0.1, -0.05) is 71.0 Å². The van der Waals surface area contributed by atoms with E-state index in [1.807, 2.05) is 0 Å². The molecule has 0 bridgehead atoms. The number of hydrogen-bond acceptors (Lipinski definition) is 0. The lowest BCUT2D eigenvalue weighted by molar-refractivity contribution is 0.320. The highest BCUT2D eigenvalue weighted by Gasteiger charge is 2.11. The van der Waals surface area contributed by atoms with Crippen molar-refractivity contribution in [2.45, 2.75) is 41.0 Å². The third-order valence-corrected chi connectivity index (χ3v) is 3.43. The van der Waals surface area contributed by atoms with Gasteiger partial charge in [0, 0.05) is 21.8 Å². The molecule has 0 aliphatic carbocycles. The van der Waals surface area contributed by atoms with Crippen LogP contribution in [0.3, 0.4) is 0 Å². The maximum Gasteiger partial charge on any atom is 0.0464 e. The first-order chi connectivity index (χ1) is 9.87. The number of nitrogens with one attached hydrogen (secondary N) is 1. The van der Waals surface area contributed by atoms with Crippen molar-refractivity contribution >= 4 is 21.8 Å². The topological polar surface area (TPSA) is 15.8 Å². The molecule has 0 radical (unpaired) electrons. The van der Waals surface area contributed by atoms with E-state index in [2.05, 4.69) is 88.1 Å². The second-order valence-electron chi connectivity index (χ2n) is 7.37. The zero-order valence-electron chi connectivity index (χ0n) is 13.9. The fraction of sp³-hybridized carbons (Fsp3) is 0.400. The maximum absolute atomic E-state index is 3.38. The van der Waals surface area contributed by atoms with Crippen molar-refractivity contribution < 1.29 is 0 Å². The summed E-state index contributed by atoms with van der Waals surface area (Å²) in [6.07, 6.45) is 1.33.